The fourth-order valence-electron chi connectivity index (χ4n) is 4.14. The number of aromatic nitrogens is 3. The number of methoxy groups -OCH3 is 2. The minimum Gasteiger partial charge on any atom is -0.501 e. The van der Waals surface area contributed by atoms with Gasteiger partial charge in [-0.05, 0) is 90.5 Å². The summed E-state index contributed by atoms with van der Waals surface area (Å²) in [7, 11) is 5.05. The average molecular weight is 701 g/mol. The third-order valence-electron chi connectivity index (χ3n) is 7.25. The summed E-state index contributed by atoms with van der Waals surface area (Å²) in [6, 6.07) is 3.75. The van der Waals surface area contributed by atoms with Gasteiger partial charge in [0.05, 0.1) is 30.9 Å². The molecule has 284 valence electrons. The van der Waals surface area contributed by atoms with Crippen molar-refractivity contribution in [1.29, 1.82) is 0 Å². The molecule has 0 saturated carbocycles. The van der Waals surface area contributed by atoms with Gasteiger partial charge in [0.25, 0.3) is 5.91 Å². The molecule has 1 atom stereocenters. The number of hydrogen-bond acceptors (Lipinski definition) is 8. The first-order chi connectivity index (χ1) is 23.5. The number of benzene rings is 1. The Hall–Kier alpha value is -3.76. The average Bonchev–Trinajstić information content (AvgIpc) is 3.51. The molecular formula is C40H68N4O6. The molecule has 0 fully saturated rings. The summed E-state index contributed by atoms with van der Waals surface area (Å²) in [4.78, 5) is 27.5. The lowest BCUT2D eigenvalue weighted by atomic mass is 9.97. The molecule has 1 aromatic carbocycles. The van der Waals surface area contributed by atoms with Crippen molar-refractivity contribution in [3.8, 4) is 0 Å². The number of nitrogens with zero attached hydrogens (tertiary/aromatic N) is 4. The molecule has 50 heavy (non-hydrogen) atoms. The Balaban J connectivity index is 0. The second kappa shape index (κ2) is 26.1. The van der Waals surface area contributed by atoms with E-state index in [-0.39, 0.29) is 17.6 Å². The largest absolute Gasteiger partial charge is 0.501 e. The number of carbonyl (C=O) groups excluding carboxylic acids is 2. The van der Waals surface area contributed by atoms with E-state index in [4.69, 9.17) is 18.9 Å². The SMILES string of the molecule is C=C(C)c1nn(CCOC(C)=COC)nc1C(=C)C.CC.CCC.COC(C)(C)CCOC(C)CCN(C)C(=O)c1c(C)ccc(C)c1C=O. The van der Waals surface area contributed by atoms with Crippen molar-refractivity contribution in [3.63, 3.8) is 0 Å². The molecule has 0 aliphatic carbocycles. The van der Waals surface area contributed by atoms with Gasteiger partial charge in [-0.1, -0.05) is 59.4 Å². The number of amides is 1. The van der Waals surface area contributed by atoms with E-state index in [0.29, 0.717) is 37.4 Å². The van der Waals surface area contributed by atoms with Crippen LogP contribution in [0.25, 0.3) is 11.1 Å². The van der Waals surface area contributed by atoms with Crippen LogP contribution in [0.15, 0.2) is 37.3 Å². The van der Waals surface area contributed by atoms with Crippen molar-refractivity contribution in [2.45, 2.75) is 121 Å². The zero-order valence-corrected chi connectivity index (χ0v) is 34.0. The molecule has 0 spiro atoms. The molecule has 0 N–H and O–H groups in total. The Morgan fingerprint density at radius 3 is 1.98 bits per heavy atom. The predicted molar refractivity (Wildman–Crippen MR) is 207 cm³/mol. The summed E-state index contributed by atoms with van der Waals surface area (Å²) in [5, 5.41) is 8.78. The fourth-order valence-corrected chi connectivity index (χ4v) is 4.14. The van der Waals surface area contributed by atoms with Crippen LogP contribution in [-0.4, -0.2) is 84.8 Å². The van der Waals surface area contributed by atoms with Gasteiger partial charge in [-0.25, -0.2) is 0 Å². The Labute approximate surface area is 303 Å². The van der Waals surface area contributed by atoms with Crippen LogP contribution >= 0.6 is 0 Å². The maximum absolute atomic E-state index is 12.8. The van der Waals surface area contributed by atoms with Crippen LogP contribution in [0.3, 0.4) is 0 Å². The van der Waals surface area contributed by atoms with E-state index in [2.05, 4.69) is 37.2 Å². The molecule has 10 heteroatoms. The minimum atomic E-state index is -0.194. The molecule has 0 saturated heterocycles. The van der Waals surface area contributed by atoms with Gasteiger partial charge < -0.3 is 23.8 Å². The van der Waals surface area contributed by atoms with Gasteiger partial charge in [0.2, 0.25) is 0 Å². The van der Waals surface area contributed by atoms with Gasteiger partial charge >= 0.3 is 0 Å². The molecule has 1 heterocycles. The van der Waals surface area contributed by atoms with Crippen LogP contribution in [0.2, 0.25) is 0 Å². The van der Waals surface area contributed by atoms with E-state index in [1.54, 1.807) is 37.2 Å². The van der Waals surface area contributed by atoms with E-state index in [1.165, 1.54) is 6.42 Å². The van der Waals surface area contributed by atoms with Gasteiger partial charge in [-0.2, -0.15) is 15.0 Å². The van der Waals surface area contributed by atoms with E-state index in [0.717, 1.165) is 58.5 Å². The zero-order valence-electron chi connectivity index (χ0n) is 34.0. The highest BCUT2D eigenvalue weighted by atomic mass is 16.5. The maximum atomic E-state index is 12.8. The molecular weight excluding hydrogens is 632 g/mol. The van der Waals surface area contributed by atoms with Crippen molar-refractivity contribution >= 4 is 23.3 Å². The quantitative estimate of drug-likeness (QED) is 0.119. The number of ether oxygens (including phenoxy) is 4. The summed E-state index contributed by atoms with van der Waals surface area (Å²) < 4.78 is 21.5. The summed E-state index contributed by atoms with van der Waals surface area (Å²) >= 11 is 0. The highest BCUT2D eigenvalue weighted by Gasteiger charge is 2.21. The molecule has 1 amide bonds. The number of aryl methyl sites for hydroxylation is 2. The molecule has 0 radical (unpaired) electrons. The highest BCUT2D eigenvalue weighted by molar-refractivity contribution is 6.03. The second-order valence-electron chi connectivity index (χ2n) is 12.6. The molecule has 10 nitrogen and oxygen atoms in total. The Bertz CT molecular complexity index is 1310. The predicted octanol–water partition coefficient (Wildman–Crippen LogP) is 9.11. The van der Waals surface area contributed by atoms with Crippen molar-refractivity contribution in [2.24, 2.45) is 0 Å². The molecule has 0 aliphatic heterocycles. The first kappa shape index (κ1) is 48.4. The molecule has 0 bridgehead atoms. The maximum Gasteiger partial charge on any atom is 0.254 e. The lowest BCUT2D eigenvalue weighted by Crippen LogP contribution is -2.32. The highest BCUT2D eigenvalue weighted by Crippen LogP contribution is 2.20. The summed E-state index contributed by atoms with van der Waals surface area (Å²) in [6.07, 6.45) is 5.16. The third-order valence-corrected chi connectivity index (χ3v) is 7.25. The Kier molecular flexibility index (Phi) is 25.2. The molecule has 2 rings (SSSR count). The zero-order chi connectivity index (χ0) is 39.0. The molecule has 1 unspecified atom stereocenters. The van der Waals surface area contributed by atoms with Crippen molar-refractivity contribution in [1.82, 2.24) is 19.9 Å². The summed E-state index contributed by atoms with van der Waals surface area (Å²) in [5.41, 5.74) is 5.75. The minimum absolute atomic E-state index is 0.0436. The van der Waals surface area contributed by atoms with Crippen LogP contribution in [0.1, 0.15) is 132 Å². The molecule has 1 aromatic heterocycles. The van der Waals surface area contributed by atoms with Gasteiger partial charge in [0, 0.05) is 32.9 Å². The normalized spacial score (nSPS) is 11.4. The standard InChI is InChI=1S/C21H33NO4.C14H21N3O2.C3H8.C2H6/c1-15-8-9-16(2)19(18(15)14-23)20(24)22(6)12-10-17(3)26-13-11-21(4,5)25-7;1-10(2)13-14(11(3)4)16-17(15-13)7-8-19-12(5)9-18-6;1-3-2;1-2/h8-9,14,17H,10-13H2,1-7H3;9H,1,3,7-8H2,2,4-6H3;3H2,1-2H3;1-2H3. The lowest BCUT2D eigenvalue weighted by Gasteiger charge is -2.25. The Morgan fingerprint density at radius 1 is 1.00 bits per heavy atom. The van der Waals surface area contributed by atoms with Crippen LogP contribution in [0.4, 0.5) is 0 Å². The first-order valence-corrected chi connectivity index (χ1v) is 17.6. The van der Waals surface area contributed by atoms with E-state index < -0.39 is 0 Å². The van der Waals surface area contributed by atoms with Crippen LogP contribution < -0.4 is 0 Å². The van der Waals surface area contributed by atoms with Crippen LogP contribution in [0, 0.1) is 13.8 Å². The lowest BCUT2D eigenvalue weighted by molar-refractivity contribution is -0.0254. The smallest absolute Gasteiger partial charge is 0.254 e. The third kappa shape index (κ3) is 18.3. The molecule has 2 aromatic rings. The van der Waals surface area contributed by atoms with Crippen LogP contribution in [-0.2, 0) is 25.5 Å². The number of carbonyl (C=O) groups is 2. The Morgan fingerprint density at radius 2 is 1.52 bits per heavy atom. The van der Waals surface area contributed by atoms with Crippen LogP contribution in [0.5, 0.6) is 0 Å². The van der Waals surface area contributed by atoms with E-state index >= 15 is 0 Å². The summed E-state index contributed by atoms with van der Waals surface area (Å²) in [6.45, 7) is 33.7. The summed E-state index contributed by atoms with van der Waals surface area (Å²) in [5.74, 6) is 0.593. The van der Waals surface area contributed by atoms with Gasteiger partial charge in [-0.3, -0.25) is 9.59 Å². The number of hydrogen-bond donors (Lipinski definition) is 0. The number of rotatable bonds is 17. The van der Waals surface area contributed by atoms with E-state index in [1.807, 2.05) is 81.4 Å². The van der Waals surface area contributed by atoms with Crippen molar-refractivity contribution < 1.29 is 28.5 Å². The van der Waals surface area contributed by atoms with Gasteiger partial charge in [-0.15, -0.1) is 0 Å². The van der Waals surface area contributed by atoms with E-state index in [9.17, 15) is 9.59 Å². The second-order valence-corrected chi connectivity index (χ2v) is 12.6. The van der Waals surface area contributed by atoms with Crippen molar-refractivity contribution in [2.75, 3.05) is 41.0 Å². The van der Waals surface area contributed by atoms with Gasteiger partial charge in [0.15, 0.2) is 6.29 Å². The topological polar surface area (TPSA) is 105 Å². The monoisotopic (exact) mass is 701 g/mol. The number of aldehydes is 1. The molecule has 0 aliphatic rings. The van der Waals surface area contributed by atoms with Gasteiger partial charge in [0.1, 0.15) is 30.0 Å². The first-order valence-electron chi connectivity index (χ1n) is 17.6. The van der Waals surface area contributed by atoms with Crippen molar-refractivity contribution in [3.05, 3.63) is 71.0 Å². The fraction of sp³-hybridized carbons (Fsp3) is 0.600. The number of allylic oxidation sites excluding steroid dienone is 3.